The molecule has 0 saturated carbocycles. The summed E-state index contributed by atoms with van der Waals surface area (Å²) in [6.45, 7) is 10.1. The first kappa shape index (κ1) is 13.3. The molecule has 0 radical (unpaired) electrons. The molecule has 1 rings (SSSR count). The van der Waals surface area contributed by atoms with Crippen LogP contribution in [0.3, 0.4) is 0 Å². The van der Waals surface area contributed by atoms with Crippen LogP contribution in [0.5, 0.6) is 0 Å². The van der Waals surface area contributed by atoms with E-state index in [1.165, 1.54) is 17.0 Å². The minimum Gasteiger partial charge on any atom is -0.348 e. The van der Waals surface area contributed by atoms with Crippen LogP contribution in [0.25, 0.3) is 0 Å². The highest BCUT2D eigenvalue weighted by Crippen LogP contribution is 2.16. The lowest BCUT2D eigenvalue weighted by atomic mass is 10.1. The van der Waals surface area contributed by atoms with E-state index in [-0.39, 0.29) is 0 Å². The van der Waals surface area contributed by atoms with Crippen molar-refractivity contribution in [1.82, 2.24) is 0 Å². The van der Waals surface area contributed by atoms with Gasteiger partial charge in [0, 0.05) is 18.4 Å². The molecule has 0 aliphatic rings. The Labute approximate surface area is 105 Å². The maximum Gasteiger partial charge on any atom is 0.0405 e. The third-order valence-electron chi connectivity index (χ3n) is 2.92. The van der Waals surface area contributed by atoms with Gasteiger partial charge in [0.15, 0.2) is 0 Å². The van der Waals surface area contributed by atoms with Gasteiger partial charge in [0.1, 0.15) is 0 Å². The summed E-state index contributed by atoms with van der Waals surface area (Å²) in [6.07, 6.45) is 4.23. The van der Waals surface area contributed by atoms with Crippen molar-refractivity contribution in [2.45, 2.75) is 20.8 Å². The smallest absolute Gasteiger partial charge is 0.0405 e. The largest absolute Gasteiger partial charge is 0.348 e. The van der Waals surface area contributed by atoms with Crippen LogP contribution in [0.4, 0.5) is 5.69 Å². The van der Waals surface area contributed by atoms with Crippen molar-refractivity contribution in [2.75, 3.05) is 11.9 Å². The number of para-hydroxylation sites is 1. The van der Waals surface area contributed by atoms with Gasteiger partial charge in [-0.2, -0.15) is 0 Å². The van der Waals surface area contributed by atoms with Crippen molar-refractivity contribution in [3.05, 3.63) is 65.9 Å². The van der Waals surface area contributed by atoms with Crippen molar-refractivity contribution in [3.63, 3.8) is 0 Å². The van der Waals surface area contributed by atoms with Gasteiger partial charge in [-0.25, -0.2) is 0 Å². The van der Waals surface area contributed by atoms with Gasteiger partial charge in [0.05, 0.1) is 0 Å². The van der Waals surface area contributed by atoms with Crippen LogP contribution in [0.15, 0.2) is 65.9 Å². The van der Waals surface area contributed by atoms with E-state index in [0.717, 1.165) is 5.57 Å². The summed E-state index contributed by atoms with van der Waals surface area (Å²) in [6, 6.07) is 10.3. The molecule has 0 amide bonds. The summed E-state index contributed by atoms with van der Waals surface area (Å²) in [4.78, 5) is 2.17. The van der Waals surface area contributed by atoms with E-state index in [2.05, 4.69) is 56.7 Å². The van der Waals surface area contributed by atoms with Crippen LogP contribution in [-0.4, -0.2) is 7.05 Å². The van der Waals surface area contributed by atoms with Gasteiger partial charge in [-0.1, -0.05) is 36.4 Å². The van der Waals surface area contributed by atoms with Crippen molar-refractivity contribution in [1.29, 1.82) is 0 Å². The molecule has 0 unspecified atom stereocenters. The van der Waals surface area contributed by atoms with E-state index in [9.17, 15) is 0 Å². The SMILES string of the molecule is C=C(C)C(C)=CC=C(C)N(C)c1ccccc1. The molecule has 0 heterocycles. The molecule has 0 spiro atoms. The zero-order valence-corrected chi connectivity index (χ0v) is 11.2. The molecule has 0 aliphatic carbocycles. The van der Waals surface area contributed by atoms with E-state index >= 15 is 0 Å². The van der Waals surface area contributed by atoms with Crippen LogP contribution in [0.2, 0.25) is 0 Å². The molecule has 0 saturated heterocycles. The van der Waals surface area contributed by atoms with Crippen molar-refractivity contribution < 1.29 is 0 Å². The molecule has 0 N–H and O–H groups in total. The fourth-order valence-electron chi connectivity index (χ4n) is 1.35. The maximum atomic E-state index is 3.92. The Hall–Kier alpha value is -1.76. The molecule has 0 aliphatic heterocycles. The summed E-state index contributed by atoms with van der Waals surface area (Å²) in [5, 5.41) is 0. The highest BCUT2D eigenvalue weighted by Gasteiger charge is 2.00. The van der Waals surface area contributed by atoms with E-state index in [4.69, 9.17) is 0 Å². The summed E-state index contributed by atoms with van der Waals surface area (Å²) in [5.41, 5.74) is 4.72. The van der Waals surface area contributed by atoms with Crippen molar-refractivity contribution in [3.8, 4) is 0 Å². The minimum atomic E-state index is 1.11. The molecule has 17 heavy (non-hydrogen) atoms. The van der Waals surface area contributed by atoms with Gasteiger partial charge in [0.2, 0.25) is 0 Å². The van der Waals surface area contributed by atoms with E-state index in [1.54, 1.807) is 0 Å². The molecular formula is C16H21N. The molecule has 0 bridgehead atoms. The Morgan fingerprint density at radius 3 is 2.18 bits per heavy atom. The van der Waals surface area contributed by atoms with Gasteiger partial charge in [-0.15, -0.1) is 0 Å². The van der Waals surface area contributed by atoms with Gasteiger partial charge >= 0.3 is 0 Å². The molecule has 1 nitrogen and oxygen atoms in total. The lowest BCUT2D eigenvalue weighted by Crippen LogP contribution is -2.13. The second-order valence-corrected chi connectivity index (χ2v) is 4.33. The minimum absolute atomic E-state index is 1.11. The lowest BCUT2D eigenvalue weighted by Gasteiger charge is -2.19. The Kier molecular flexibility index (Phi) is 4.77. The fraction of sp³-hybridized carbons (Fsp3) is 0.250. The van der Waals surface area contributed by atoms with Gasteiger partial charge in [0.25, 0.3) is 0 Å². The standard InChI is InChI=1S/C16H21N/c1-13(2)14(3)11-12-15(4)17(5)16-9-7-6-8-10-16/h6-12H,1H2,2-5H3. The third kappa shape index (κ3) is 3.95. The Morgan fingerprint density at radius 1 is 1.06 bits per heavy atom. The van der Waals surface area contributed by atoms with Crippen molar-refractivity contribution >= 4 is 5.69 Å². The molecule has 0 atom stereocenters. The van der Waals surface area contributed by atoms with Gasteiger partial charge in [-0.05, 0) is 44.6 Å². The van der Waals surface area contributed by atoms with Crippen LogP contribution in [-0.2, 0) is 0 Å². The molecule has 0 aromatic heterocycles. The number of anilines is 1. The Bertz CT molecular complexity index is 438. The average molecular weight is 227 g/mol. The summed E-state index contributed by atoms with van der Waals surface area (Å²) >= 11 is 0. The molecule has 1 heteroatoms. The van der Waals surface area contributed by atoms with E-state index < -0.39 is 0 Å². The predicted octanol–water partition coefficient (Wildman–Crippen LogP) is 4.55. The van der Waals surface area contributed by atoms with Gasteiger partial charge < -0.3 is 4.90 Å². The van der Waals surface area contributed by atoms with Crippen LogP contribution in [0.1, 0.15) is 20.8 Å². The molecular weight excluding hydrogens is 206 g/mol. The third-order valence-corrected chi connectivity index (χ3v) is 2.92. The zero-order valence-electron chi connectivity index (χ0n) is 11.2. The second-order valence-electron chi connectivity index (χ2n) is 4.33. The first-order valence-corrected chi connectivity index (χ1v) is 5.82. The highest BCUT2D eigenvalue weighted by atomic mass is 15.1. The Balaban J connectivity index is 2.84. The van der Waals surface area contributed by atoms with Crippen LogP contribution < -0.4 is 4.90 Å². The highest BCUT2D eigenvalue weighted by molar-refractivity contribution is 5.51. The maximum absolute atomic E-state index is 3.92. The topological polar surface area (TPSA) is 3.24 Å². The van der Waals surface area contributed by atoms with Crippen molar-refractivity contribution in [2.24, 2.45) is 0 Å². The van der Waals surface area contributed by atoms with Crippen LogP contribution >= 0.6 is 0 Å². The van der Waals surface area contributed by atoms with Gasteiger partial charge in [-0.3, -0.25) is 0 Å². The number of nitrogens with zero attached hydrogens (tertiary/aromatic N) is 1. The summed E-state index contributed by atoms with van der Waals surface area (Å²) < 4.78 is 0. The number of allylic oxidation sites excluding steroid dienone is 5. The number of hydrogen-bond donors (Lipinski definition) is 0. The number of hydrogen-bond acceptors (Lipinski definition) is 1. The predicted molar refractivity (Wildman–Crippen MR) is 77.2 cm³/mol. The summed E-state index contributed by atoms with van der Waals surface area (Å²) in [7, 11) is 2.07. The number of benzene rings is 1. The van der Waals surface area contributed by atoms with E-state index in [1.807, 2.05) is 25.1 Å². The quantitative estimate of drug-likeness (QED) is 0.682. The summed E-state index contributed by atoms with van der Waals surface area (Å²) in [5.74, 6) is 0. The first-order chi connectivity index (χ1) is 8.02. The lowest BCUT2D eigenvalue weighted by molar-refractivity contribution is 1.09. The molecule has 0 fully saturated rings. The average Bonchev–Trinajstić information content (AvgIpc) is 2.35. The molecule has 1 aromatic rings. The molecule has 1 aromatic carbocycles. The zero-order chi connectivity index (χ0) is 12.8. The first-order valence-electron chi connectivity index (χ1n) is 5.82. The monoisotopic (exact) mass is 227 g/mol. The molecule has 90 valence electrons. The number of rotatable bonds is 4. The fourth-order valence-corrected chi connectivity index (χ4v) is 1.35. The van der Waals surface area contributed by atoms with E-state index in [0.29, 0.717) is 0 Å². The Morgan fingerprint density at radius 2 is 1.65 bits per heavy atom. The normalized spacial score (nSPS) is 12.5. The second kappa shape index (κ2) is 6.09. The van der Waals surface area contributed by atoms with Crippen LogP contribution in [0, 0.1) is 0 Å².